The van der Waals surface area contributed by atoms with Gasteiger partial charge in [0.2, 0.25) is 0 Å². The van der Waals surface area contributed by atoms with Crippen LogP contribution in [0.3, 0.4) is 0 Å². The number of benzene rings is 1. The number of nitrogen functional groups attached to an aromatic ring is 1. The number of rotatable bonds is 2. The van der Waals surface area contributed by atoms with Gasteiger partial charge in [-0.05, 0) is 6.92 Å². The fourth-order valence-corrected chi connectivity index (χ4v) is 3.39. The summed E-state index contributed by atoms with van der Waals surface area (Å²) in [7, 11) is 0. The Balaban J connectivity index is 2.06. The van der Waals surface area contributed by atoms with Gasteiger partial charge in [-0.2, -0.15) is 0 Å². The second-order valence-electron chi connectivity index (χ2n) is 3.87. The summed E-state index contributed by atoms with van der Waals surface area (Å²) in [5.74, 6) is 0. The van der Waals surface area contributed by atoms with Crippen LogP contribution in [0.5, 0.6) is 0 Å². The second kappa shape index (κ2) is 4.51. The highest BCUT2D eigenvalue weighted by Crippen LogP contribution is 2.35. The van der Waals surface area contributed by atoms with Crippen LogP contribution in [0, 0.1) is 6.92 Å². The van der Waals surface area contributed by atoms with E-state index in [2.05, 4.69) is 22.1 Å². The Morgan fingerprint density at radius 3 is 2.56 bits per heavy atom. The normalized spacial score (nSPS) is 10.7. The second-order valence-corrected chi connectivity index (χ2v) is 5.76. The zero-order valence-corrected chi connectivity index (χ0v) is 11.4. The maximum atomic E-state index is 5.68. The van der Waals surface area contributed by atoms with Crippen molar-refractivity contribution in [3.05, 3.63) is 41.4 Å². The lowest BCUT2D eigenvalue weighted by Gasteiger charge is -1.92. The van der Waals surface area contributed by atoms with Crippen LogP contribution < -0.4 is 5.73 Å². The molecule has 0 unspecified atom stereocenters. The summed E-state index contributed by atoms with van der Waals surface area (Å²) in [6, 6.07) is 10.2. The van der Waals surface area contributed by atoms with Crippen molar-refractivity contribution in [1.29, 1.82) is 0 Å². The molecule has 0 spiro atoms. The Hall–Kier alpha value is -1.72. The van der Waals surface area contributed by atoms with Gasteiger partial charge in [0.15, 0.2) is 5.13 Å². The first-order valence-electron chi connectivity index (χ1n) is 5.48. The number of thiazole rings is 2. The first-order valence-corrected chi connectivity index (χ1v) is 7.18. The fraction of sp³-hybridized carbons (Fsp3) is 0.0769. The van der Waals surface area contributed by atoms with Gasteiger partial charge in [-0.3, -0.25) is 0 Å². The zero-order valence-electron chi connectivity index (χ0n) is 9.75. The van der Waals surface area contributed by atoms with Gasteiger partial charge < -0.3 is 5.73 Å². The van der Waals surface area contributed by atoms with Crippen LogP contribution in [0.4, 0.5) is 5.13 Å². The van der Waals surface area contributed by atoms with Crippen LogP contribution in [-0.4, -0.2) is 9.97 Å². The molecule has 1 aromatic carbocycles. The molecular weight excluding hydrogens is 262 g/mol. The van der Waals surface area contributed by atoms with Crippen LogP contribution in [0.1, 0.15) is 5.69 Å². The van der Waals surface area contributed by atoms with E-state index >= 15 is 0 Å². The summed E-state index contributed by atoms with van der Waals surface area (Å²) < 4.78 is 0. The molecule has 3 nitrogen and oxygen atoms in total. The third-order valence-electron chi connectivity index (χ3n) is 2.57. The van der Waals surface area contributed by atoms with E-state index in [-0.39, 0.29) is 0 Å². The van der Waals surface area contributed by atoms with E-state index in [4.69, 9.17) is 5.73 Å². The van der Waals surface area contributed by atoms with Gasteiger partial charge in [-0.25, -0.2) is 9.97 Å². The van der Waals surface area contributed by atoms with Crippen molar-refractivity contribution in [3.8, 4) is 21.1 Å². The molecule has 5 heteroatoms. The third kappa shape index (κ3) is 2.02. The number of aryl methyl sites for hydroxylation is 1. The molecule has 0 atom stereocenters. The lowest BCUT2D eigenvalue weighted by Crippen LogP contribution is -1.82. The molecule has 0 amide bonds. The molecule has 2 aromatic heterocycles. The third-order valence-corrected chi connectivity index (χ3v) is 4.47. The van der Waals surface area contributed by atoms with Gasteiger partial charge in [0, 0.05) is 10.9 Å². The average Bonchev–Trinajstić information content (AvgIpc) is 2.97. The Kier molecular flexibility index (Phi) is 2.85. The predicted octanol–water partition coefficient (Wildman–Crippen LogP) is 3.82. The van der Waals surface area contributed by atoms with Crippen LogP contribution in [0.2, 0.25) is 0 Å². The lowest BCUT2D eigenvalue weighted by molar-refractivity contribution is 1.26. The van der Waals surface area contributed by atoms with Crippen LogP contribution >= 0.6 is 22.7 Å². The molecule has 18 heavy (non-hydrogen) atoms. The number of anilines is 1. The van der Waals surface area contributed by atoms with Gasteiger partial charge in [0.05, 0.1) is 16.3 Å². The fourth-order valence-electron chi connectivity index (χ4n) is 1.73. The summed E-state index contributed by atoms with van der Waals surface area (Å²) >= 11 is 3.12. The van der Waals surface area contributed by atoms with E-state index in [1.807, 2.05) is 30.5 Å². The minimum atomic E-state index is 0.596. The van der Waals surface area contributed by atoms with Crippen molar-refractivity contribution in [1.82, 2.24) is 9.97 Å². The first kappa shape index (κ1) is 11.4. The minimum Gasteiger partial charge on any atom is -0.375 e. The van der Waals surface area contributed by atoms with Crippen LogP contribution in [-0.2, 0) is 0 Å². The monoisotopic (exact) mass is 273 g/mol. The number of nitrogens with two attached hydrogens (primary N) is 1. The topological polar surface area (TPSA) is 51.8 Å². The molecule has 0 aliphatic carbocycles. The van der Waals surface area contributed by atoms with E-state index in [1.165, 1.54) is 11.3 Å². The summed E-state index contributed by atoms with van der Waals surface area (Å²) in [4.78, 5) is 10.0. The van der Waals surface area contributed by atoms with Gasteiger partial charge in [-0.15, -0.1) is 22.7 Å². The SMILES string of the molecule is Cc1nc(-c2ccccc2)sc1-c1csc(N)n1. The van der Waals surface area contributed by atoms with Gasteiger partial charge in [0.1, 0.15) is 5.01 Å². The molecule has 2 N–H and O–H groups in total. The van der Waals surface area contributed by atoms with Crippen molar-refractivity contribution in [2.24, 2.45) is 0 Å². The number of aromatic nitrogens is 2. The minimum absolute atomic E-state index is 0.596. The molecule has 3 aromatic rings. The Morgan fingerprint density at radius 1 is 1.11 bits per heavy atom. The smallest absolute Gasteiger partial charge is 0.180 e. The molecule has 3 rings (SSSR count). The zero-order chi connectivity index (χ0) is 12.5. The highest BCUT2D eigenvalue weighted by molar-refractivity contribution is 7.19. The summed E-state index contributed by atoms with van der Waals surface area (Å²) in [6.07, 6.45) is 0. The molecule has 0 bridgehead atoms. The van der Waals surface area contributed by atoms with Crippen molar-refractivity contribution in [2.45, 2.75) is 6.92 Å². The standard InChI is InChI=1S/C13H11N3S2/c1-8-11(10-7-17-13(14)16-10)18-12(15-8)9-5-3-2-4-6-9/h2-7H,1H3,(H2,14,16). The Morgan fingerprint density at radius 2 is 1.89 bits per heavy atom. The molecule has 90 valence electrons. The van der Waals surface area contributed by atoms with Gasteiger partial charge in [0.25, 0.3) is 0 Å². The van der Waals surface area contributed by atoms with Crippen molar-refractivity contribution in [3.63, 3.8) is 0 Å². The predicted molar refractivity (Wildman–Crippen MR) is 77.8 cm³/mol. The Bertz CT molecular complexity index is 671. The Labute approximate surface area is 113 Å². The van der Waals surface area contributed by atoms with E-state index in [0.717, 1.165) is 26.8 Å². The average molecular weight is 273 g/mol. The quantitative estimate of drug-likeness (QED) is 0.772. The van der Waals surface area contributed by atoms with E-state index in [9.17, 15) is 0 Å². The van der Waals surface area contributed by atoms with E-state index < -0.39 is 0 Å². The van der Waals surface area contributed by atoms with Gasteiger partial charge in [-0.1, -0.05) is 30.3 Å². The number of nitrogens with zero attached hydrogens (tertiary/aromatic N) is 2. The molecule has 0 aliphatic rings. The van der Waals surface area contributed by atoms with Crippen LogP contribution in [0.25, 0.3) is 21.1 Å². The van der Waals surface area contributed by atoms with Crippen molar-refractivity contribution in [2.75, 3.05) is 5.73 Å². The molecule has 0 saturated carbocycles. The highest BCUT2D eigenvalue weighted by Gasteiger charge is 2.13. The number of hydrogen-bond acceptors (Lipinski definition) is 5. The molecule has 0 aliphatic heterocycles. The van der Waals surface area contributed by atoms with Crippen molar-refractivity contribution < 1.29 is 0 Å². The van der Waals surface area contributed by atoms with Crippen LogP contribution in [0.15, 0.2) is 35.7 Å². The largest absolute Gasteiger partial charge is 0.375 e. The molecular formula is C13H11N3S2. The number of hydrogen-bond donors (Lipinski definition) is 1. The summed E-state index contributed by atoms with van der Waals surface area (Å²) in [5, 5.41) is 3.60. The molecule has 0 saturated heterocycles. The maximum Gasteiger partial charge on any atom is 0.180 e. The lowest BCUT2D eigenvalue weighted by atomic mass is 10.2. The van der Waals surface area contributed by atoms with E-state index in [1.54, 1.807) is 11.3 Å². The summed E-state index contributed by atoms with van der Waals surface area (Å²) in [5.41, 5.74) is 8.74. The highest BCUT2D eigenvalue weighted by atomic mass is 32.1. The van der Waals surface area contributed by atoms with Gasteiger partial charge >= 0.3 is 0 Å². The molecule has 0 radical (unpaired) electrons. The molecule has 0 fully saturated rings. The van der Waals surface area contributed by atoms with E-state index in [0.29, 0.717) is 5.13 Å². The van der Waals surface area contributed by atoms with Crippen molar-refractivity contribution >= 4 is 27.8 Å². The maximum absolute atomic E-state index is 5.68. The molecule has 2 heterocycles. The first-order chi connectivity index (χ1) is 8.74. The summed E-state index contributed by atoms with van der Waals surface area (Å²) in [6.45, 7) is 2.01.